The highest BCUT2D eigenvalue weighted by molar-refractivity contribution is 7.98. The fourth-order valence-electron chi connectivity index (χ4n) is 17.3. The third kappa shape index (κ3) is 21.8. The van der Waals surface area contributed by atoms with E-state index in [1.54, 1.807) is 79.1 Å². The lowest BCUT2D eigenvalue weighted by Gasteiger charge is -2.47. The lowest BCUT2D eigenvalue weighted by atomic mass is 9.71. The number of methoxy groups -OCH3 is 3. The number of amides is 6. The van der Waals surface area contributed by atoms with E-state index in [2.05, 4.69) is 54.8 Å². The lowest BCUT2D eigenvalue weighted by molar-refractivity contribution is 0.0114. The van der Waals surface area contributed by atoms with Crippen LogP contribution >= 0.6 is 23.4 Å². The first-order chi connectivity index (χ1) is 61.9. The van der Waals surface area contributed by atoms with Crippen molar-refractivity contribution in [3.63, 3.8) is 0 Å². The number of halogens is 1. The van der Waals surface area contributed by atoms with Gasteiger partial charge in [0.15, 0.2) is 16.8 Å². The second-order valence-corrected chi connectivity index (χ2v) is 39.4. The van der Waals surface area contributed by atoms with Gasteiger partial charge in [-0.15, -0.1) is 0 Å². The van der Waals surface area contributed by atoms with E-state index in [0.717, 1.165) is 63.0 Å². The highest BCUT2D eigenvalue weighted by Gasteiger charge is 2.51. The van der Waals surface area contributed by atoms with Gasteiger partial charge in [-0.1, -0.05) is 63.0 Å². The maximum atomic E-state index is 14.0. The fourth-order valence-corrected chi connectivity index (χ4v) is 18.3. The molecule has 8 aromatic heterocycles. The van der Waals surface area contributed by atoms with Gasteiger partial charge in [-0.2, -0.15) is 0 Å². The molecule has 132 heavy (non-hydrogen) atoms. The van der Waals surface area contributed by atoms with Gasteiger partial charge < -0.3 is 72.8 Å². The minimum Gasteiger partial charge on any atom is -0.497 e. The normalized spacial score (nSPS) is 16.1. The van der Waals surface area contributed by atoms with Gasteiger partial charge in [-0.25, -0.2) is 72.6 Å². The average molecular weight is 1860 g/mol. The zero-order chi connectivity index (χ0) is 92.4. The van der Waals surface area contributed by atoms with Crippen molar-refractivity contribution >= 4 is 69.2 Å². The van der Waals surface area contributed by atoms with Crippen molar-refractivity contribution in [3.05, 3.63) is 208 Å². The Balaban J connectivity index is 0.000000168. The number of thioether (sulfide) groups is 1. The van der Waals surface area contributed by atoms with Crippen molar-refractivity contribution in [1.82, 2.24) is 94.2 Å². The Labute approximate surface area is 778 Å². The predicted molar refractivity (Wildman–Crippen MR) is 500 cm³/mol. The molecule has 33 nitrogen and oxygen atoms in total. The second kappa shape index (κ2) is 39.3. The summed E-state index contributed by atoms with van der Waals surface area (Å²) in [6.45, 7) is 22.7. The number of nitrogens with one attached hydrogen (secondary N) is 3. The molecule has 3 spiro atoms. The summed E-state index contributed by atoms with van der Waals surface area (Å²) in [4.78, 5) is 145. The molecule has 3 saturated heterocycles. The predicted octanol–water partition coefficient (Wildman–Crippen LogP) is 16.2. The largest absolute Gasteiger partial charge is 0.497 e. The molecule has 3 fully saturated rings. The SMILES string of the molecule is C.C.COc1ccc(CN2CC3(CCN(C(=O)OC(C)(C)C)CC3)c3[nH]c(-c4ccnc(-c5cnc(S(C)(=O)=O)nc5)n4)cc3C2=O)cc1.COc1ccc(CN2CC3(CCN(C(=O)OC(C)(C)C)CC3)c3[nH]c(-c4ccnc(-c5cnc(SC)nc5)n4)cc3C2=O)cc1.COc1ccc(CN2CC3(CCN(C(=O)OC(C)(C)C)CC3)c3[nH]c(-c4ccnc(Cl)n4)cc3C2=O)cc1. The minimum absolute atomic E-state index is 0. The first-order valence-electron chi connectivity index (χ1n) is 42.8. The molecule has 0 radical (unpaired) electrons. The molecule has 0 aliphatic carbocycles. The number of carbonyl (C=O) groups is 6. The molecule has 0 unspecified atom stereocenters. The first kappa shape index (κ1) is 96.7. The molecule has 14 heterocycles. The number of nitrogens with zero attached hydrogens (tertiary/aromatic N) is 16. The smallest absolute Gasteiger partial charge is 0.410 e. The van der Waals surface area contributed by atoms with Gasteiger partial charge in [0.1, 0.15) is 34.1 Å². The van der Waals surface area contributed by atoms with Gasteiger partial charge in [-0.3, -0.25) is 14.4 Å². The molecule has 6 aliphatic heterocycles. The number of hydrogen-bond donors (Lipinski definition) is 3. The van der Waals surface area contributed by atoms with Gasteiger partial charge in [-0.05, 0) is 208 Å². The Morgan fingerprint density at radius 2 is 0.720 bits per heavy atom. The maximum absolute atomic E-state index is 14.0. The number of piperidine rings is 3. The number of benzene rings is 3. The van der Waals surface area contributed by atoms with Crippen LogP contribution in [0.3, 0.4) is 0 Å². The summed E-state index contributed by atoms with van der Waals surface area (Å²) in [7, 11) is 1.33. The molecule has 696 valence electrons. The van der Waals surface area contributed by atoms with Gasteiger partial charge in [0.05, 0.1) is 83.3 Å². The van der Waals surface area contributed by atoms with E-state index >= 15 is 0 Å². The van der Waals surface area contributed by atoms with Gasteiger partial charge in [0.2, 0.25) is 20.3 Å². The molecule has 0 bridgehead atoms. The summed E-state index contributed by atoms with van der Waals surface area (Å²) in [6.07, 6.45) is 17.1. The number of hydrogen-bond acceptors (Lipinski definition) is 25. The molecule has 36 heteroatoms. The van der Waals surface area contributed by atoms with E-state index < -0.39 is 32.1 Å². The molecule has 3 aromatic carbocycles. The monoisotopic (exact) mass is 1860 g/mol. The summed E-state index contributed by atoms with van der Waals surface area (Å²) in [5.41, 5.74) is 9.64. The van der Waals surface area contributed by atoms with E-state index in [4.69, 9.17) is 50.0 Å². The van der Waals surface area contributed by atoms with Crippen LogP contribution in [0.25, 0.3) is 56.9 Å². The molecule has 6 amide bonds. The van der Waals surface area contributed by atoms with E-state index in [9.17, 15) is 37.2 Å². The number of fused-ring (bicyclic) bond motifs is 6. The van der Waals surface area contributed by atoms with Gasteiger partial charge in [0.25, 0.3) is 17.7 Å². The first-order valence-corrected chi connectivity index (χ1v) is 46.3. The van der Waals surface area contributed by atoms with Crippen LogP contribution in [-0.4, -0.2) is 248 Å². The maximum Gasteiger partial charge on any atom is 0.410 e. The van der Waals surface area contributed by atoms with Crippen LogP contribution in [0.2, 0.25) is 5.28 Å². The number of aromatic amines is 3. The molecule has 0 atom stereocenters. The van der Waals surface area contributed by atoms with Crippen molar-refractivity contribution in [1.29, 1.82) is 0 Å². The molecule has 17 rings (SSSR count). The Morgan fingerprint density at radius 3 is 0.992 bits per heavy atom. The second-order valence-electron chi connectivity index (χ2n) is 36.4. The molecule has 3 N–H and O–H groups in total. The zero-order valence-corrected chi connectivity index (χ0v) is 77.6. The third-order valence-corrected chi connectivity index (χ3v) is 25.5. The fraction of sp³-hybridized carbons (Fsp3) is 0.417. The van der Waals surface area contributed by atoms with Crippen LogP contribution in [0.5, 0.6) is 17.2 Å². The molecular formula is C96H114ClN19O14S2. The highest BCUT2D eigenvalue weighted by Crippen LogP contribution is 2.48. The van der Waals surface area contributed by atoms with Gasteiger partial charge in [0, 0.05) is 161 Å². The number of ether oxygens (including phenoxy) is 6. The molecule has 6 aliphatic rings. The van der Waals surface area contributed by atoms with Crippen LogP contribution < -0.4 is 14.2 Å². The number of aromatic nitrogens is 13. The van der Waals surface area contributed by atoms with Crippen LogP contribution in [-0.2, 0) is 59.9 Å². The van der Waals surface area contributed by atoms with Crippen LogP contribution in [0, 0.1) is 0 Å². The topological polar surface area (TPSA) is 388 Å². The van der Waals surface area contributed by atoms with Gasteiger partial charge >= 0.3 is 18.3 Å². The van der Waals surface area contributed by atoms with Crippen LogP contribution in [0.4, 0.5) is 14.4 Å². The molecule has 0 saturated carbocycles. The minimum atomic E-state index is -3.56. The van der Waals surface area contributed by atoms with E-state index in [1.807, 2.05) is 180 Å². The van der Waals surface area contributed by atoms with Crippen LogP contribution in [0.15, 0.2) is 163 Å². The van der Waals surface area contributed by atoms with E-state index in [0.29, 0.717) is 190 Å². The Bertz CT molecular complexity index is 6110. The molecular weight excluding hydrogens is 1740 g/mol. The summed E-state index contributed by atoms with van der Waals surface area (Å²) in [5, 5.41) is 0.533. The molecule has 11 aromatic rings. The number of likely N-dealkylation sites (tertiary alicyclic amines) is 3. The van der Waals surface area contributed by atoms with E-state index in [-0.39, 0.29) is 72.1 Å². The number of sulfone groups is 1. The van der Waals surface area contributed by atoms with Crippen molar-refractivity contribution in [3.8, 4) is 74.2 Å². The lowest BCUT2D eigenvalue weighted by Crippen LogP contribution is -2.55. The average Bonchev–Trinajstić information content (AvgIpc) is 1.56. The number of carbonyl (C=O) groups excluding carboxylic acids is 6. The standard InChI is InChI=1S/C33H37N7O6S.C33H37N7O4S.C28H32ClN5O4.2CH4/c1-32(2,3)46-31(42)39-14-11-33(12-15-39)20-40(19-21-6-8-23(45-4)9-7-21)29(41)24-16-26(37-27(24)33)25-10-13-34-28(38-25)22-17-35-30(36-18-22)47(5,43)44;1-32(2,3)44-31(42)39-14-11-33(12-15-39)20-40(19-21-6-8-23(43-4)9-7-21)29(41)24-16-26(37-27(24)33)25-10-13-34-28(38-25)22-17-35-30(45-5)36-18-22;1-27(2,3)38-26(36)33-13-10-28(11-14-33)17-34(16-18-5-7-19(37-4)8-6-18)24(35)20-15-22(31-23(20)28)21-9-12-30-25(29)32-21;;/h6-10,13,16-18,37H,11-12,14-15,19-20H2,1-5H3;6-10,13,16-18,37H,11-12,14-15,19-20H2,1-5H3;5-9,12,15,31H,10-11,13-14,16-17H2,1-4H3;2*1H4. The summed E-state index contributed by atoms with van der Waals surface area (Å²) >= 11 is 7.52. The number of rotatable bonds is 16. The zero-order valence-electron chi connectivity index (χ0n) is 75.2. The van der Waals surface area contributed by atoms with Crippen molar-refractivity contribution in [2.75, 3.05) is 92.7 Å². The Kier molecular flexibility index (Phi) is 28.8. The third-order valence-electron chi connectivity index (χ3n) is 23.8. The highest BCUT2D eigenvalue weighted by atomic mass is 35.5. The Hall–Kier alpha value is -12.9. The number of H-pyrrole nitrogens is 3. The summed E-state index contributed by atoms with van der Waals surface area (Å²) in [6, 6.07) is 34.1. The Morgan fingerprint density at radius 1 is 0.432 bits per heavy atom. The quantitative estimate of drug-likeness (QED) is 0.0459. The van der Waals surface area contributed by atoms with Crippen molar-refractivity contribution < 1.29 is 65.6 Å². The van der Waals surface area contributed by atoms with Crippen LogP contribution in [0.1, 0.15) is 181 Å². The van der Waals surface area contributed by atoms with Crippen molar-refractivity contribution in [2.24, 2.45) is 0 Å². The summed E-state index contributed by atoms with van der Waals surface area (Å²) in [5.74, 6) is 2.90. The van der Waals surface area contributed by atoms with Crippen molar-refractivity contribution in [2.45, 2.75) is 179 Å². The summed E-state index contributed by atoms with van der Waals surface area (Å²) < 4.78 is 56.4. The van der Waals surface area contributed by atoms with E-state index in [1.165, 1.54) is 24.2 Å².